The monoisotopic (exact) mass is 358 g/mol. The van der Waals surface area contributed by atoms with Crippen LogP contribution in [0.3, 0.4) is 0 Å². The van der Waals surface area contributed by atoms with Crippen LogP contribution in [-0.2, 0) is 9.53 Å². The van der Waals surface area contributed by atoms with E-state index in [0.717, 1.165) is 0 Å². The van der Waals surface area contributed by atoms with Crippen molar-refractivity contribution in [3.05, 3.63) is 48.3 Å². The first-order chi connectivity index (χ1) is 12.4. The molecule has 6 heteroatoms. The highest BCUT2D eigenvalue weighted by atomic mass is 16.7. The second-order valence-corrected chi connectivity index (χ2v) is 7.25. The molecule has 0 saturated heterocycles. The molecule has 0 radical (unpaired) electrons. The van der Waals surface area contributed by atoms with E-state index >= 15 is 0 Å². The molecule has 1 saturated carbocycles. The molecular formula is C20H22O6. The lowest BCUT2D eigenvalue weighted by molar-refractivity contribution is -0.155. The number of aliphatic hydroxyl groups excluding tert-OH is 1. The van der Waals surface area contributed by atoms with E-state index in [0.29, 0.717) is 23.5 Å². The molecule has 0 spiro atoms. The Morgan fingerprint density at radius 1 is 1.38 bits per heavy atom. The fourth-order valence-electron chi connectivity index (χ4n) is 4.91. The van der Waals surface area contributed by atoms with Crippen molar-refractivity contribution >= 4 is 5.78 Å². The van der Waals surface area contributed by atoms with Crippen molar-refractivity contribution in [3.63, 3.8) is 0 Å². The molecule has 1 aromatic rings. The van der Waals surface area contributed by atoms with Crippen LogP contribution in [0.2, 0.25) is 0 Å². The normalized spacial score (nSPS) is 37.5. The first-order valence-electron chi connectivity index (χ1n) is 8.62. The first-order valence-corrected chi connectivity index (χ1v) is 8.62. The number of carbonyl (C=O) groups is 1. The molecule has 0 unspecified atom stereocenters. The molecule has 4 rings (SSSR count). The van der Waals surface area contributed by atoms with E-state index in [4.69, 9.17) is 14.2 Å². The summed E-state index contributed by atoms with van der Waals surface area (Å²) in [5.41, 5.74) is -2.10. The maximum atomic E-state index is 13.0. The Hall–Kier alpha value is -2.31. The van der Waals surface area contributed by atoms with Gasteiger partial charge in [-0.1, -0.05) is 19.1 Å². The van der Waals surface area contributed by atoms with Crippen LogP contribution in [0.15, 0.2) is 42.7 Å². The number of methoxy groups -OCH3 is 1. The summed E-state index contributed by atoms with van der Waals surface area (Å²) < 4.78 is 16.0. The topological polar surface area (TPSA) is 85.2 Å². The van der Waals surface area contributed by atoms with Gasteiger partial charge in [-0.05, 0) is 36.1 Å². The molecule has 2 bridgehead atoms. The van der Waals surface area contributed by atoms with Gasteiger partial charge in [-0.15, -0.1) is 6.58 Å². The number of rotatable bonds is 4. The second-order valence-electron chi connectivity index (χ2n) is 7.25. The molecule has 1 aromatic carbocycles. The number of fused-ring (bicyclic) bond motifs is 3. The van der Waals surface area contributed by atoms with Crippen LogP contribution in [0.1, 0.15) is 24.8 Å². The zero-order valence-corrected chi connectivity index (χ0v) is 14.8. The minimum Gasteiger partial charge on any atom is -0.493 e. The van der Waals surface area contributed by atoms with E-state index in [-0.39, 0.29) is 18.5 Å². The van der Waals surface area contributed by atoms with E-state index in [1.54, 1.807) is 30.4 Å². The standard InChI is InChI=1S/C20H22O6/c1-4-7-19-9-15(24-3)17(21)20(23,18(19)22)16(11(19)2)12-5-6-13-14(8-12)26-10-25-13/h4-6,8-9,11,16,18,22-23H,1,7,10H2,2-3H3/t11-,16+,18+,19-,20-/m1/s1. The van der Waals surface area contributed by atoms with Gasteiger partial charge in [0.1, 0.15) is 6.10 Å². The predicted molar refractivity (Wildman–Crippen MR) is 92.8 cm³/mol. The summed E-state index contributed by atoms with van der Waals surface area (Å²) in [6.45, 7) is 5.86. The lowest BCUT2D eigenvalue weighted by Gasteiger charge is -2.39. The number of Topliss-reactive ketones (excluding diaryl/α,β-unsaturated/α-hetero) is 1. The fourth-order valence-corrected chi connectivity index (χ4v) is 4.91. The maximum absolute atomic E-state index is 13.0. The highest BCUT2D eigenvalue weighted by Crippen LogP contribution is 2.63. The van der Waals surface area contributed by atoms with Crippen LogP contribution in [0.5, 0.6) is 11.5 Å². The summed E-state index contributed by atoms with van der Waals surface area (Å²) in [7, 11) is 1.39. The molecule has 1 heterocycles. The van der Waals surface area contributed by atoms with Gasteiger partial charge in [-0.3, -0.25) is 4.79 Å². The van der Waals surface area contributed by atoms with E-state index < -0.39 is 28.8 Å². The molecular weight excluding hydrogens is 336 g/mol. The van der Waals surface area contributed by atoms with Crippen LogP contribution in [0.4, 0.5) is 0 Å². The third-order valence-corrected chi connectivity index (χ3v) is 6.21. The number of benzene rings is 1. The Kier molecular flexibility index (Phi) is 3.68. The van der Waals surface area contributed by atoms with Gasteiger partial charge in [0, 0.05) is 11.3 Å². The fraction of sp³-hybridized carbons (Fsp3) is 0.450. The van der Waals surface area contributed by atoms with Gasteiger partial charge in [-0.25, -0.2) is 0 Å². The van der Waals surface area contributed by atoms with E-state index in [1.807, 2.05) is 6.92 Å². The van der Waals surface area contributed by atoms with Gasteiger partial charge in [0.15, 0.2) is 22.9 Å². The number of hydrogen-bond acceptors (Lipinski definition) is 6. The number of hydrogen-bond donors (Lipinski definition) is 2. The summed E-state index contributed by atoms with van der Waals surface area (Å²) >= 11 is 0. The molecule has 0 aromatic heterocycles. The minimum atomic E-state index is -1.98. The van der Waals surface area contributed by atoms with E-state index in [2.05, 4.69) is 6.58 Å². The summed E-state index contributed by atoms with van der Waals surface area (Å²) in [5.74, 6) is -0.188. The Balaban J connectivity index is 1.90. The number of ether oxygens (including phenoxy) is 3. The zero-order valence-electron chi connectivity index (χ0n) is 14.8. The predicted octanol–water partition coefficient (Wildman–Crippen LogP) is 1.92. The molecule has 2 N–H and O–H groups in total. The van der Waals surface area contributed by atoms with Crippen LogP contribution in [0, 0.1) is 11.3 Å². The third kappa shape index (κ3) is 1.91. The van der Waals surface area contributed by atoms with Crippen molar-refractivity contribution in [2.45, 2.75) is 31.0 Å². The SMILES string of the molecule is C=CC[C@@]12C=C(OC)C(=O)[C@](O)([C@H](c3ccc4c(c3)OCO4)[C@H]1C)[C@H]2O. The Labute approximate surface area is 151 Å². The Bertz CT molecular complexity index is 815. The summed E-state index contributed by atoms with van der Waals surface area (Å²) in [6, 6.07) is 5.34. The molecule has 5 atom stereocenters. The Morgan fingerprint density at radius 3 is 2.81 bits per heavy atom. The van der Waals surface area contributed by atoms with E-state index in [1.165, 1.54) is 7.11 Å². The summed E-state index contributed by atoms with van der Waals surface area (Å²) in [5, 5.41) is 22.5. The minimum absolute atomic E-state index is 0.0785. The van der Waals surface area contributed by atoms with Crippen LogP contribution >= 0.6 is 0 Å². The molecule has 138 valence electrons. The van der Waals surface area contributed by atoms with Crippen molar-refractivity contribution in [2.24, 2.45) is 11.3 Å². The molecule has 1 aliphatic heterocycles. The quantitative estimate of drug-likeness (QED) is 0.800. The van der Waals surface area contributed by atoms with Crippen molar-refractivity contribution in [2.75, 3.05) is 13.9 Å². The van der Waals surface area contributed by atoms with Gasteiger partial charge in [0.25, 0.3) is 0 Å². The highest BCUT2D eigenvalue weighted by molar-refractivity contribution is 6.03. The maximum Gasteiger partial charge on any atom is 0.231 e. The summed E-state index contributed by atoms with van der Waals surface area (Å²) in [4.78, 5) is 13.0. The lowest BCUT2D eigenvalue weighted by Crippen LogP contribution is -2.56. The van der Waals surface area contributed by atoms with Gasteiger partial charge < -0.3 is 24.4 Å². The average Bonchev–Trinajstić information content (AvgIpc) is 3.14. The average molecular weight is 358 g/mol. The number of allylic oxidation sites excluding steroid dienone is 1. The van der Waals surface area contributed by atoms with Gasteiger partial charge >= 0.3 is 0 Å². The van der Waals surface area contributed by atoms with Gasteiger partial charge in [0.2, 0.25) is 12.6 Å². The smallest absolute Gasteiger partial charge is 0.231 e. The molecule has 1 fully saturated rings. The van der Waals surface area contributed by atoms with Gasteiger partial charge in [0.05, 0.1) is 7.11 Å². The van der Waals surface area contributed by atoms with Crippen molar-refractivity contribution in [1.29, 1.82) is 0 Å². The Morgan fingerprint density at radius 2 is 2.12 bits per heavy atom. The molecule has 3 aliphatic rings. The summed E-state index contributed by atoms with van der Waals surface area (Å²) in [6.07, 6.45) is 2.51. The van der Waals surface area contributed by atoms with Gasteiger partial charge in [-0.2, -0.15) is 0 Å². The molecule has 6 nitrogen and oxygen atoms in total. The van der Waals surface area contributed by atoms with Crippen molar-refractivity contribution < 1.29 is 29.2 Å². The third-order valence-electron chi connectivity index (χ3n) is 6.21. The second kappa shape index (κ2) is 5.59. The van der Waals surface area contributed by atoms with Crippen LogP contribution in [0.25, 0.3) is 0 Å². The molecule has 26 heavy (non-hydrogen) atoms. The zero-order chi connectivity index (χ0) is 18.7. The van der Waals surface area contributed by atoms with Crippen LogP contribution < -0.4 is 9.47 Å². The number of aliphatic hydroxyl groups is 2. The van der Waals surface area contributed by atoms with Crippen molar-refractivity contribution in [1.82, 2.24) is 0 Å². The molecule has 0 amide bonds. The largest absolute Gasteiger partial charge is 0.493 e. The van der Waals surface area contributed by atoms with E-state index in [9.17, 15) is 15.0 Å². The number of ketones is 1. The number of carbonyl (C=O) groups excluding carboxylic acids is 1. The highest BCUT2D eigenvalue weighted by Gasteiger charge is 2.71. The lowest BCUT2D eigenvalue weighted by atomic mass is 9.70. The van der Waals surface area contributed by atoms with Crippen molar-refractivity contribution in [3.8, 4) is 11.5 Å². The molecule has 2 aliphatic carbocycles. The van der Waals surface area contributed by atoms with Crippen LogP contribution in [-0.4, -0.2) is 41.6 Å². The first kappa shape index (κ1) is 17.1.